The Kier molecular flexibility index (Phi) is 9.48. The van der Waals surface area contributed by atoms with Crippen LogP contribution in [0.2, 0.25) is 0 Å². The maximum atomic E-state index is 11.5. The summed E-state index contributed by atoms with van der Waals surface area (Å²) in [4.78, 5) is 11.5. The molecule has 1 rings (SSSR count). The molecule has 0 aliphatic heterocycles. The Labute approximate surface area is 120 Å². The molecular formula is C15H23NO4. The summed E-state index contributed by atoms with van der Waals surface area (Å²) in [5, 5.41) is 3.12. The van der Waals surface area contributed by atoms with Crippen LogP contribution in [0.4, 0.5) is 0 Å². The summed E-state index contributed by atoms with van der Waals surface area (Å²) >= 11 is 0. The van der Waals surface area contributed by atoms with Crippen LogP contribution in [0.5, 0.6) is 0 Å². The zero-order valence-corrected chi connectivity index (χ0v) is 12.0. The Hall–Kier alpha value is -1.43. The van der Waals surface area contributed by atoms with E-state index in [4.69, 9.17) is 14.2 Å². The van der Waals surface area contributed by atoms with Gasteiger partial charge >= 0.3 is 5.97 Å². The second kappa shape index (κ2) is 11.4. The van der Waals surface area contributed by atoms with Crippen LogP contribution in [-0.4, -0.2) is 46.0 Å². The van der Waals surface area contributed by atoms with E-state index in [2.05, 4.69) is 5.32 Å². The van der Waals surface area contributed by atoms with E-state index in [1.807, 2.05) is 30.3 Å². The molecule has 0 saturated heterocycles. The average Bonchev–Trinajstić information content (AvgIpc) is 2.49. The van der Waals surface area contributed by atoms with Gasteiger partial charge in [0.1, 0.15) is 6.61 Å². The Morgan fingerprint density at radius 1 is 1.10 bits per heavy atom. The van der Waals surface area contributed by atoms with Crippen molar-refractivity contribution in [2.45, 2.75) is 13.0 Å². The predicted molar refractivity (Wildman–Crippen MR) is 76.4 cm³/mol. The maximum absolute atomic E-state index is 11.5. The standard InChI is InChI=1S/C15H23NO4/c1-18-11-12-19-10-9-16-8-7-15(17)20-13-14-5-3-2-4-6-14/h2-6,16H,7-13H2,1H3. The van der Waals surface area contributed by atoms with Crippen LogP contribution in [0, 0.1) is 0 Å². The zero-order valence-electron chi connectivity index (χ0n) is 12.0. The normalized spacial score (nSPS) is 10.4. The smallest absolute Gasteiger partial charge is 0.307 e. The molecule has 1 N–H and O–H groups in total. The third-order valence-corrected chi connectivity index (χ3v) is 2.60. The first-order valence-corrected chi connectivity index (χ1v) is 6.80. The molecule has 0 bridgehead atoms. The van der Waals surface area contributed by atoms with Crippen LogP contribution in [0.3, 0.4) is 0 Å². The van der Waals surface area contributed by atoms with Crippen LogP contribution in [0.1, 0.15) is 12.0 Å². The molecule has 0 spiro atoms. The molecule has 5 nitrogen and oxygen atoms in total. The minimum Gasteiger partial charge on any atom is -0.461 e. The van der Waals surface area contributed by atoms with Crippen LogP contribution < -0.4 is 5.32 Å². The first-order valence-electron chi connectivity index (χ1n) is 6.80. The molecule has 1 aromatic carbocycles. The molecule has 0 aliphatic rings. The number of hydrogen-bond acceptors (Lipinski definition) is 5. The van der Waals surface area contributed by atoms with E-state index in [9.17, 15) is 4.79 Å². The quantitative estimate of drug-likeness (QED) is 0.490. The van der Waals surface area contributed by atoms with Crippen molar-refractivity contribution in [3.63, 3.8) is 0 Å². The molecule has 20 heavy (non-hydrogen) atoms. The van der Waals surface area contributed by atoms with Gasteiger partial charge in [-0.25, -0.2) is 0 Å². The van der Waals surface area contributed by atoms with E-state index in [1.165, 1.54) is 0 Å². The van der Waals surface area contributed by atoms with Crippen molar-refractivity contribution in [2.24, 2.45) is 0 Å². The van der Waals surface area contributed by atoms with E-state index < -0.39 is 0 Å². The van der Waals surface area contributed by atoms with Gasteiger partial charge in [-0.3, -0.25) is 4.79 Å². The van der Waals surface area contributed by atoms with Crippen molar-refractivity contribution in [3.8, 4) is 0 Å². The van der Waals surface area contributed by atoms with Gasteiger partial charge in [0.2, 0.25) is 0 Å². The molecule has 0 atom stereocenters. The number of carbonyl (C=O) groups excluding carboxylic acids is 1. The Morgan fingerprint density at radius 3 is 2.65 bits per heavy atom. The van der Waals surface area contributed by atoms with Crippen molar-refractivity contribution < 1.29 is 19.0 Å². The minimum absolute atomic E-state index is 0.193. The number of esters is 1. The molecule has 0 unspecified atom stereocenters. The van der Waals surface area contributed by atoms with Gasteiger partial charge in [-0.15, -0.1) is 0 Å². The van der Waals surface area contributed by atoms with Gasteiger partial charge in [-0.1, -0.05) is 30.3 Å². The van der Waals surface area contributed by atoms with Gasteiger partial charge < -0.3 is 19.5 Å². The van der Waals surface area contributed by atoms with Crippen molar-refractivity contribution in [1.82, 2.24) is 5.32 Å². The molecule has 1 aromatic rings. The zero-order chi connectivity index (χ0) is 14.5. The molecule has 0 saturated carbocycles. The monoisotopic (exact) mass is 281 g/mol. The SMILES string of the molecule is COCCOCCNCCC(=O)OCc1ccccc1. The third kappa shape index (κ3) is 8.63. The number of ether oxygens (including phenoxy) is 3. The van der Waals surface area contributed by atoms with Crippen LogP contribution in [0.25, 0.3) is 0 Å². The Balaban J connectivity index is 1.93. The molecule has 0 aliphatic carbocycles. The van der Waals surface area contributed by atoms with Crippen molar-refractivity contribution in [3.05, 3.63) is 35.9 Å². The fraction of sp³-hybridized carbons (Fsp3) is 0.533. The van der Waals surface area contributed by atoms with Crippen molar-refractivity contribution in [1.29, 1.82) is 0 Å². The summed E-state index contributed by atoms with van der Waals surface area (Å²) in [6.45, 7) is 3.46. The van der Waals surface area contributed by atoms with E-state index in [1.54, 1.807) is 7.11 Å². The van der Waals surface area contributed by atoms with Gasteiger partial charge in [0.25, 0.3) is 0 Å². The number of nitrogens with one attached hydrogen (secondary N) is 1. The highest BCUT2D eigenvalue weighted by molar-refractivity contribution is 5.69. The molecule has 0 fully saturated rings. The first kappa shape index (κ1) is 16.6. The number of methoxy groups -OCH3 is 1. The molecule has 0 heterocycles. The van der Waals surface area contributed by atoms with Gasteiger partial charge in [0, 0.05) is 20.2 Å². The predicted octanol–water partition coefficient (Wildman–Crippen LogP) is 1.37. The lowest BCUT2D eigenvalue weighted by atomic mass is 10.2. The molecular weight excluding hydrogens is 258 g/mol. The molecule has 0 radical (unpaired) electrons. The largest absolute Gasteiger partial charge is 0.461 e. The van der Waals surface area contributed by atoms with Gasteiger partial charge in [0.15, 0.2) is 0 Å². The summed E-state index contributed by atoms with van der Waals surface area (Å²) in [5.74, 6) is -0.193. The number of benzene rings is 1. The molecule has 5 heteroatoms. The Morgan fingerprint density at radius 2 is 1.90 bits per heavy atom. The fourth-order valence-electron chi connectivity index (χ4n) is 1.51. The highest BCUT2D eigenvalue weighted by atomic mass is 16.5. The van der Waals surface area contributed by atoms with E-state index in [-0.39, 0.29) is 5.97 Å². The average molecular weight is 281 g/mol. The van der Waals surface area contributed by atoms with Crippen LogP contribution >= 0.6 is 0 Å². The van der Waals surface area contributed by atoms with E-state index in [0.29, 0.717) is 39.4 Å². The minimum atomic E-state index is -0.193. The molecule has 0 amide bonds. The molecule has 112 valence electrons. The summed E-state index contributed by atoms with van der Waals surface area (Å²) < 4.78 is 15.3. The van der Waals surface area contributed by atoms with E-state index >= 15 is 0 Å². The molecule has 0 aromatic heterocycles. The summed E-state index contributed by atoms with van der Waals surface area (Å²) in [6, 6.07) is 9.65. The van der Waals surface area contributed by atoms with Gasteiger partial charge in [-0.05, 0) is 5.56 Å². The lowest BCUT2D eigenvalue weighted by Gasteiger charge is -2.07. The van der Waals surface area contributed by atoms with Crippen molar-refractivity contribution >= 4 is 5.97 Å². The lowest BCUT2D eigenvalue weighted by molar-refractivity contribution is -0.144. The number of hydrogen-bond donors (Lipinski definition) is 1. The van der Waals surface area contributed by atoms with Gasteiger partial charge in [0.05, 0.1) is 26.2 Å². The lowest BCUT2D eigenvalue weighted by Crippen LogP contribution is -2.24. The highest BCUT2D eigenvalue weighted by Gasteiger charge is 2.02. The first-order chi connectivity index (χ1) is 9.83. The van der Waals surface area contributed by atoms with Gasteiger partial charge in [-0.2, -0.15) is 0 Å². The topological polar surface area (TPSA) is 56.8 Å². The highest BCUT2D eigenvalue weighted by Crippen LogP contribution is 2.01. The van der Waals surface area contributed by atoms with E-state index in [0.717, 1.165) is 12.1 Å². The second-order valence-corrected chi connectivity index (χ2v) is 4.25. The second-order valence-electron chi connectivity index (χ2n) is 4.25. The fourth-order valence-corrected chi connectivity index (χ4v) is 1.51. The maximum Gasteiger partial charge on any atom is 0.307 e. The van der Waals surface area contributed by atoms with Crippen LogP contribution in [0.15, 0.2) is 30.3 Å². The Bertz CT molecular complexity index is 356. The summed E-state index contributed by atoms with van der Waals surface area (Å²) in [7, 11) is 1.64. The number of carbonyl (C=O) groups is 1. The summed E-state index contributed by atoms with van der Waals surface area (Å²) in [6.07, 6.45) is 0.366. The van der Waals surface area contributed by atoms with Crippen molar-refractivity contribution in [2.75, 3.05) is 40.0 Å². The third-order valence-electron chi connectivity index (χ3n) is 2.60. The number of rotatable bonds is 11. The van der Waals surface area contributed by atoms with Crippen LogP contribution in [-0.2, 0) is 25.6 Å². The summed E-state index contributed by atoms with van der Waals surface area (Å²) in [5.41, 5.74) is 1.00.